The Morgan fingerprint density at radius 3 is 2.85 bits per heavy atom. The van der Waals surface area contributed by atoms with E-state index in [4.69, 9.17) is 5.11 Å². The number of rotatable bonds is 9. The van der Waals surface area contributed by atoms with Gasteiger partial charge in [0.25, 0.3) is 0 Å². The second-order valence-electron chi connectivity index (χ2n) is 5.08. The number of thioether (sulfide) groups is 1. The van der Waals surface area contributed by atoms with E-state index in [2.05, 4.69) is 28.3 Å². The Balaban J connectivity index is 1.99. The third-order valence-corrected chi connectivity index (χ3v) is 4.64. The van der Waals surface area contributed by atoms with Crippen LogP contribution in [0.4, 0.5) is 0 Å². The predicted octanol–water partition coefficient (Wildman–Crippen LogP) is 2.11. The quantitative estimate of drug-likeness (QED) is 0.707. The molecular formula is C14H23N3O2S. The lowest BCUT2D eigenvalue weighted by Gasteiger charge is -2.21. The van der Waals surface area contributed by atoms with Gasteiger partial charge < -0.3 is 9.67 Å². The minimum atomic E-state index is -0.796. The zero-order valence-corrected chi connectivity index (χ0v) is 13.0. The van der Waals surface area contributed by atoms with Crippen molar-refractivity contribution in [3.05, 3.63) is 11.9 Å². The van der Waals surface area contributed by atoms with Crippen LogP contribution in [0.3, 0.4) is 0 Å². The van der Waals surface area contributed by atoms with Crippen molar-refractivity contribution in [3.63, 3.8) is 0 Å². The first-order valence-electron chi connectivity index (χ1n) is 7.28. The molecule has 0 saturated heterocycles. The number of carboxylic acids is 1. The lowest BCUT2D eigenvalue weighted by molar-refractivity contribution is -0.133. The van der Waals surface area contributed by atoms with Crippen LogP contribution < -0.4 is 0 Å². The fourth-order valence-electron chi connectivity index (χ4n) is 2.42. The molecule has 2 rings (SSSR count). The Kier molecular flexibility index (Phi) is 5.48. The van der Waals surface area contributed by atoms with Crippen LogP contribution >= 0.6 is 11.8 Å². The van der Waals surface area contributed by atoms with Crippen LogP contribution in [0.5, 0.6) is 0 Å². The molecule has 5 nitrogen and oxygen atoms in total. The summed E-state index contributed by atoms with van der Waals surface area (Å²) in [5.41, 5.74) is 1.18. The molecule has 6 heteroatoms. The monoisotopic (exact) mass is 297 g/mol. The van der Waals surface area contributed by atoms with Gasteiger partial charge in [0.1, 0.15) is 0 Å². The van der Waals surface area contributed by atoms with Gasteiger partial charge in [0.15, 0.2) is 5.16 Å². The highest BCUT2D eigenvalue weighted by Crippen LogP contribution is 2.27. The van der Waals surface area contributed by atoms with Crippen molar-refractivity contribution < 1.29 is 9.90 Å². The Morgan fingerprint density at radius 2 is 2.30 bits per heavy atom. The molecule has 112 valence electrons. The number of likely N-dealkylation sites (N-methyl/N-ethyl adjacent to an activating group) is 1. The molecule has 0 aliphatic heterocycles. The molecular weight excluding hydrogens is 274 g/mol. The lowest BCUT2D eigenvalue weighted by atomic mass is 10.3. The summed E-state index contributed by atoms with van der Waals surface area (Å²) in [7, 11) is 0. The van der Waals surface area contributed by atoms with Crippen LogP contribution in [-0.2, 0) is 17.8 Å². The molecule has 1 aromatic heterocycles. The van der Waals surface area contributed by atoms with Gasteiger partial charge in [-0.1, -0.05) is 25.6 Å². The van der Waals surface area contributed by atoms with Gasteiger partial charge in [0, 0.05) is 31.0 Å². The molecule has 0 atom stereocenters. The van der Waals surface area contributed by atoms with E-state index in [1.54, 1.807) is 0 Å². The Hall–Kier alpha value is -1.01. The lowest BCUT2D eigenvalue weighted by Crippen LogP contribution is -2.30. The van der Waals surface area contributed by atoms with Crippen LogP contribution in [0.1, 0.15) is 32.4 Å². The Labute approximate surface area is 124 Å². The molecule has 1 heterocycles. The average Bonchev–Trinajstić information content (AvgIpc) is 3.18. The molecule has 1 aliphatic carbocycles. The first-order valence-corrected chi connectivity index (χ1v) is 8.27. The molecule has 0 spiro atoms. The van der Waals surface area contributed by atoms with Gasteiger partial charge in [-0.3, -0.25) is 9.69 Å². The summed E-state index contributed by atoms with van der Waals surface area (Å²) in [6.07, 6.45) is 5.44. The highest BCUT2D eigenvalue weighted by atomic mass is 32.2. The molecule has 0 radical (unpaired) electrons. The molecule has 0 amide bonds. The van der Waals surface area contributed by atoms with Gasteiger partial charge in [-0.25, -0.2) is 4.98 Å². The normalized spacial score (nSPS) is 14.9. The smallest absolute Gasteiger partial charge is 0.313 e. The van der Waals surface area contributed by atoms with Gasteiger partial charge in [-0.2, -0.15) is 0 Å². The van der Waals surface area contributed by atoms with Crippen LogP contribution in [-0.4, -0.2) is 50.4 Å². The van der Waals surface area contributed by atoms with Gasteiger partial charge in [-0.05, 0) is 25.8 Å². The van der Waals surface area contributed by atoms with E-state index in [1.807, 2.05) is 6.20 Å². The zero-order chi connectivity index (χ0) is 14.5. The van der Waals surface area contributed by atoms with Crippen molar-refractivity contribution in [2.45, 2.75) is 50.9 Å². The summed E-state index contributed by atoms with van der Waals surface area (Å²) in [6.45, 7) is 7.31. The first-order chi connectivity index (χ1) is 9.65. The van der Waals surface area contributed by atoms with Crippen LogP contribution in [0.15, 0.2) is 11.4 Å². The van der Waals surface area contributed by atoms with Gasteiger partial charge in [0.05, 0.1) is 5.75 Å². The van der Waals surface area contributed by atoms with E-state index in [1.165, 1.54) is 30.3 Å². The van der Waals surface area contributed by atoms with E-state index >= 15 is 0 Å². The molecule has 1 N–H and O–H groups in total. The van der Waals surface area contributed by atoms with Crippen LogP contribution in [0.2, 0.25) is 0 Å². The molecule has 0 aromatic carbocycles. The third-order valence-electron chi connectivity index (χ3n) is 3.67. The summed E-state index contributed by atoms with van der Waals surface area (Å²) in [5, 5.41) is 9.63. The molecule has 20 heavy (non-hydrogen) atoms. The van der Waals surface area contributed by atoms with E-state index < -0.39 is 5.97 Å². The zero-order valence-electron chi connectivity index (χ0n) is 12.2. The third kappa shape index (κ3) is 3.99. The summed E-state index contributed by atoms with van der Waals surface area (Å²) in [6, 6.07) is 0.767. The molecule has 1 fully saturated rings. The summed E-state index contributed by atoms with van der Waals surface area (Å²) >= 11 is 1.31. The SMILES string of the molecule is CCc1cnc(SCC(=O)O)n1CCN(CC)C1CC1. The minimum absolute atomic E-state index is 0.0697. The minimum Gasteiger partial charge on any atom is -0.481 e. The largest absolute Gasteiger partial charge is 0.481 e. The number of carboxylic acid groups (broad SMARTS) is 1. The summed E-state index contributed by atoms with van der Waals surface area (Å²) < 4.78 is 2.18. The maximum atomic E-state index is 10.7. The van der Waals surface area contributed by atoms with E-state index in [-0.39, 0.29) is 5.75 Å². The van der Waals surface area contributed by atoms with E-state index in [9.17, 15) is 4.79 Å². The maximum absolute atomic E-state index is 10.7. The number of aliphatic carboxylic acids is 1. The highest BCUT2D eigenvalue weighted by molar-refractivity contribution is 7.99. The van der Waals surface area contributed by atoms with Crippen LogP contribution in [0.25, 0.3) is 0 Å². The molecule has 1 aliphatic rings. The van der Waals surface area contributed by atoms with E-state index in [0.717, 1.165) is 37.3 Å². The van der Waals surface area contributed by atoms with Crippen LogP contribution in [0, 0.1) is 0 Å². The number of hydrogen-bond donors (Lipinski definition) is 1. The molecule has 0 bridgehead atoms. The maximum Gasteiger partial charge on any atom is 0.313 e. The van der Waals surface area contributed by atoms with Crippen molar-refractivity contribution in [2.24, 2.45) is 0 Å². The van der Waals surface area contributed by atoms with Crippen molar-refractivity contribution in [2.75, 3.05) is 18.8 Å². The van der Waals surface area contributed by atoms with Crippen molar-refractivity contribution in [1.82, 2.24) is 14.5 Å². The number of imidazole rings is 1. The summed E-state index contributed by atoms with van der Waals surface area (Å²) in [5.74, 6) is -0.726. The topological polar surface area (TPSA) is 58.4 Å². The van der Waals surface area contributed by atoms with Crippen molar-refractivity contribution in [1.29, 1.82) is 0 Å². The standard InChI is InChI=1S/C14H23N3O2S/c1-3-11-9-15-14(20-10-13(18)19)17(11)8-7-16(4-2)12-5-6-12/h9,12H,3-8,10H2,1-2H3,(H,18,19). The summed E-state index contributed by atoms with van der Waals surface area (Å²) in [4.78, 5) is 17.6. The second kappa shape index (κ2) is 7.13. The van der Waals surface area contributed by atoms with Crippen molar-refractivity contribution >= 4 is 17.7 Å². The Morgan fingerprint density at radius 1 is 1.55 bits per heavy atom. The second-order valence-corrected chi connectivity index (χ2v) is 6.02. The average molecular weight is 297 g/mol. The predicted molar refractivity (Wildman–Crippen MR) is 80.2 cm³/mol. The number of carbonyl (C=O) groups is 1. The fourth-order valence-corrected chi connectivity index (χ4v) is 3.17. The molecule has 1 saturated carbocycles. The first kappa shape index (κ1) is 15.4. The highest BCUT2D eigenvalue weighted by Gasteiger charge is 2.27. The van der Waals surface area contributed by atoms with E-state index in [0.29, 0.717) is 0 Å². The number of aryl methyl sites for hydroxylation is 1. The number of aromatic nitrogens is 2. The fraction of sp³-hybridized carbons (Fsp3) is 0.714. The van der Waals surface area contributed by atoms with Crippen molar-refractivity contribution in [3.8, 4) is 0 Å². The molecule has 0 unspecified atom stereocenters. The Bertz CT molecular complexity index is 457. The number of nitrogens with zero attached hydrogens (tertiary/aromatic N) is 3. The van der Waals surface area contributed by atoms with Gasteiger partial charge >= 0.3 is 5.97 Å². The van der Waals surface area contributed by atoms with Gasteiger partial charge in [0.2, 0.25) is 0 Å². The number of hydrogen-bond acceptors (Lipinski definition) is 4. The molecule has 1 aromatic rings. The van der Waals surface area contributed by atoms with Gasteiger partial charge in [-0.15, -0.1) is 0 Å².